The van der Waals surface area contributed by atoms with Crippen molar-refractivity contribution in [3.8, 4) is 0 Å². The van der Waals surface area contributed by atoms with Gasteiger partial charge in [0.15, 0.2) is 0 Å². The molecule has 0 unspecified atom stereocenters. The van der Waals surface area contributed by atoms with Gasteiger partial charge in [-0.2, -0.15) is 11.8 Å². The maximum atomic E-state index is 12.4. The van der Waals surface area contributed by atoms with E-state index in [9.17, 15) is 9.59 Å². The van der Waals surface area contributed by atoms with E-state index >= 15 is 0 Å². The number of urea groups is 1. The molecule has 0 aromatic heterocycles. The SMILES string of the molecule is CCSCCCN1C(=O)NC2(CCNCC2)C1=O. The molecule has 2 saturated heterocycles. The molecule has 0 aromatic carbocycles. The van der Waals surface area contributed by atoms with Gasteiger partial charge in [0.05, 0.1) is 0 Å². The Balaban J connectivity index is 1.92. The van der Waals surface area contributed by atoms with Crippen molar-refractivity contribution in [2.24, 2.45) is 0 Å². The summed E-state index contributed by atoms with van der Waals surface area (Å²) in [4.78, 5) is 25.7. The van der Waals surface area contributed by atoms with Crippen LogP contribution in [-0.4, -0.2) is 53.5 Å². The van der Waals surface area contributed by atoms with Crippen molar-refractivity contribution in [3.05, 3.63) is 0 Å². The molecule has 0 radical (unpaired) electrons. The van der Waals surface area contributed by atoms with Gasteiger partial charge in [-0.1, -0.05) is 6.92 Å². The van der Waals surface area contributed by atoms with Crippen molar-refractivity contribution in [2.75, 3.05) is 31.1 Å². The summed E-state index contributed by atoms with van der Waals surface area (Å²) in [6, 6.07) is -0.205. The molecule has 5 nitrogen and oxygen atoms in total. The normalized spacial score (nSPS) is 22.6. The van der Waals surface area contributed by atoms with Gasteiger partial charge in [0.25, 0.3) is 5.91 Å². The fourth-order valence-corrected chi connectivity index (χ4v) is 3.16. The first-order chi connectivity index (χ1) is 8.69. The number of carbonyl (C=O) groups is 2. The van der Waals surface area contributed by atoms with Gasteiger partial charge in [-0.25, -0.2) is 4.79 Å². The number of carbonyl (C=O) groups excluding carboxylic acids is 2. The first-order valence-electron chi connectivity index (χ1n) is 6.62. The van der Waals surface area contributed by atoms with Crippen LogP contribution in [0.5, 0.6) is 0 Å². The third kappa shape index (κ3) is 2.64. The zero-order chi connectivity index (χ0) is 13.0. The number of rotatable bonds is 5. The fraction of sp³-hybridized carbons (Fsp3) is 0.833. The third-order valence-electron chi connectivity index (χ3n) is 3.58. The summed E-state index contributed by atoms with van der Waals surface area (Å²) in [6.45, 7) is 4.26. The van der Waals surface area contributed by atoms with Crippen molar-refractivity contribution in [3.63, 3.8) is 0 Å². The molecule has 0 aliphatic carbocycles. The maximum absolute atomic E-state index is 12.4. The van der Waals surface area contributed by atoms with E-state index in [-0.39, 0.29) is 11.9 Å². The predicted molar refractivity (Wildman–Crippen MR) is 72.7 cm³/mol. The number of piperidine rings is 1. The van der Waals surface area contributed by atoms with Crippen LogP contribution < -0.4 is 10.6 Å². The van der Waals surface area contributed by atoms with Gasteiger partial charge in [0, 0.05) is 6.54 Å². The lowest BCUT2D eigenvalue weighted by Gasteiger charge is -2.31. The molecule has 0 saturated carbocycles. The number of hydrogen-bond donors (Lipinski definition) is 2. The Kier molecular flexibility index (Phi) is 4.50. The first-order valence-corrected chi connectivity index (χ1v) is 7.78. The Labute approximate surface area is 112 Å². The molecule has 2 aliphatic rings. The van der Waals surface area contributed by atoms with Crippen LogP contribution in [0.15, 0.2) is 0 Å². The molecule has 2 fully saturated rings. The predicted octanol–water partition coefficient (Wildman–Crippen LogP) is 0.804. The van der Waals surface area contributed by atoms with Crippen molar-refractivity contribution in [1.29, 1.82) is 0 Å². The summed E-state index contributed by atoms with van der Waals surface area (Å²) in [5, 5.41) is 6.12. The Hall–Kier alpha value is -0.750. The van der Waals surface area contributed by atoms with E-state index in [1.54, 1.807) is 0 Å². The molecule has 102 valence electrons. The largest absolute Gasteiger partial charge is 0.325 e. The number of nitrogens with one attached hydrogen (secondary N) is 2. The Morgan fingerprint density at radius 2 is 2.06 bits per heavy atom. The molecule has 0 atom stereocenters. The molecule has 3 amide bonds. The summed E-state index contributed by atoms with van der Waals surface area (Å²) in [7, 11) is 0. The summed E-state index contributed by atoms with van der Waals surface area (Å²) in [5.74, 6) is 2.06. The average molecular weight is 271 g/mol. The van der Waals surface area contributed by atoms with E-state index in [1.165, 1.54) is 4.90 Å². The van der Waals surface area contributed by atoms with E-state index in [1.807, 2.05) is 11.8 Å². The molecule has 6 heteroatoms. The van der Waals surface area contributed by atoms with Crippen LogP contribution in [0.3, 0.4) is 0 Å². The van der Waals surface area contributed by atoms with Crippen LogP contribution in [0, 0.1) is 0 Å². The lowest BCUT2D eigenvalue weighted by atomic mass is 9.88. The second-order valence-corrected chi connectivity index (χ2v) is 6.16. The second kappa shape index (κ2) is 5.93. The Morgan fingerprint density at radius 3 is 2.72 bits per heavy atom. The topological polar surface area (TPSA) is 61.4 Å². The third-order valence-corrected chi connectivity index (χ3v) is 4.56. The smallest absolute Gasteiger partial charge is 0.323 e. The molecule has 18 heavy (non-hydrogen) atoms. The zero-order valence-electron chi connectivity index (χ0n) is 10.8. The van der Waals surface area contributed by atoms with E-state index in [2.05, 4.69) is 17.6 Å². The highest BCUT2D eigenvalue weighted by Crippen LogP contribution is 2.27. The molecule has 2 rings (SSSR count). The lowest BCUT2D eigenvalue weighted by Crippen LogP contribution is -2.53. The van der Waals surface area contributed by atoms with Gasteiger partial charge >= 0.3 is 6.03 Å². The minimum absolute atomic E-state index is 0.0181. The molecule has 0 bridgehead atoms. The standard InChI is InChI=1S/C12H21N3O2S/c1-2-18-9-3-8-15-10(16)12(14-11(15)17)4-6-13-7-5-12/h13H,2-9H2,1H3,(H,14,17). The fourth-order valence-electron chi connectivity index (χ4n) is 2.54. The van der Waals surface area contributed by atoms with Gasteiger partial charge in [0.1, 0.15) is 5.54 Å². The molecular weight excluding hydrogens is 250 g/mol. The minimum Gasteiger partial charge on any atom is -0.323 e. The summed E-state index contributed by atoms with van der Waals surface area (Å²) >= 11 is 1.84. The average Bonchev–Trinajstić information content (AvgIpc) is 2.59. The number of amides is 3. The van der Waals surface area contributed by atoms with Crippen LogP contribution in [0.4, 0.5) is 4.79 Å². The highest BCUT2D eigenvalue weighted by molar-refractivity contribution is 7.99. The number of thioether (sulfide) groups is 1. The number of hydrogen-bond acceptors (Lipinski definition) is 4. The van der Waals surface area contributed by atoms with E-state index < -0.39 is 5.54 Å². The Morgan fingerprint density at radius 1 is 1.33 bits per heavy atom. The number of imide groups is 1. The zero-order valence-corrected chi connectivity index (χ0v) is 11.6. The molecular formula is C12H21N3O2S. The van der Waals surface area contributed by atoms with Gasteiger partial charge < -0.3 is 10.6 Å². The second-order valence-electron chi connectivity index (χ2n) is 4.77. The van der Waals surface area contributed by atoms with Crippen molar-refractivity contribution in [1.82, 2.24) is 15.5 Å². The van der Waals surface area contributed by atoms with E-state index in [4.69, 9.17) is 0 Å². The van der Waals surface area contributed by atoms with Crippen molar-refractivity contribution in [2.45, 2.75) is 31.7 Å². The van der Waals surface area contributed by atoms with Gasteiger partial charge in [-0.15, -0.1) is 0 Å². The Bertz CT molecular complexity index is 329. The van der Waals surface area contributed by atoms with E-state index in [0.717, 1.165) is 31.0 Å². The molecule has 2 N–H and O–H groups in total. The highest BCUT2D eigenvalue weighted by atomic mass is 32.2. The number of nitrogens with zero attached hydrogens (tertiary/aromatic N) is 1. The summed E-state index contributed by atoms with van der Waals surface area (Å²) in [6.07, 6.45) is 2.29. The monoisotopic (exact) mass is 271 g/mol. The quantitative estimate of drug-likeness (QED) is 0.574. The van der Waals surface area contributed by atoms with E-state index in [0.29, 0.717) is 19.4 Å². The molecule has 1 spiro atoms. The highest BCUT2D eigenvalue weighted by Gasteiger charge is 2.50. The maximum Gasteiger partial charge on any atom is 0.325 e. The van der Waals surface area contributed by atoms with Crippen molar-refractivity contribution < 1.29 is 9.59 Å². The van der Waals surface area contributed by atoms with Crippen LogP contribution in [0.1, 0.15) is 26.2 Å². The molecule has 0 aromatic rings. The minimum atomic E-state index is -0.611. The van der Waals surface area contributed by atoms with Crippen LogP contribution in [0.2, 0.25) is 0 Å². The van der Waals surface area contributed by atoms with Gasteiger partial charge in [-0.05, 0) is 43.9 Å². The summed E-state index contributed by atoms with van der Waals surface area (Å²) in [5.41, 5.74) is -0.611. The van der Waals surface area contributed by atoms with Crippen LogP contribution >= 0.6 is 11.8 Å². The lowest BCUT2D eigenvalue weighted by molar-refractivity contribution is -0.132. The van der Waals surface area contributed by atoms with Crippen LogP contribution in [0.25, 0.3) is 0 Å². The van der Waals surface area contributed by atoms with Gasteiger partial charge in [-0.3, -0.25) is 9.69 Å². The molecule has 2 aliphatic heterocycles. The summed E-state index contributed by atoms with van der Waals surface area (Å²) < 4.78 is 0. The van der Waals surface area contributed by atoms with Gasteiger partial charge in [0.2, 0.25) is 0 Å². The molecule has 2 heterocycles. The van der Waals surface area contributed by atoms with Crippen molar-refractivity contribution >= 4 is 23.7 Å². The van der Waals surface area contributed by atoms with Crippen LogP contribution in [-0.2, 0) is 4.79 Å². The first kappa shape index (κ1) is 13.7.